The van der Waals surface area contributed by atoms with Gasteiger partial charge in [-0.2, -0.15) is 0 Å². The fourth-order valence-corrected chi connectivity index (χ4v) is 2.42. The number of nitrogens with one attached hydrogen (secondary N) is 1. The van der Waals surface area contributed by atoms with E-state index in [1.165, 1.54) is 18.5 Å². The van der Waals surface area contributed by atoms with Gasteiger partial charge in [-0.1, -0.05) is 12.1 Å². The second-order valence-electron chi connectivity index (χ2n) is 5.41. The highest BCUT2D eigenvalue weighted by Crippen LogP contribution is 2.32. The van der Waals surface area contributed by atoms with Crippen molar-refractivity contribution >= 4 is 11.9 Å². The van der Waals surface area contributed by atoms with E-state index in [2.05, 4.69) is 15.4 Å². The third kappa shape index (κ3) is 3.27. The number of hydrogen-bond acceptors (Lipinski definition) is 5. The number of benzene rings is 2. The largest absolute Gasteiger partial charge is 0.454 e. The molecule has 1 aliphatic heterocycles. The first-order chi connectivity index (χ1) is 12.2. The molecule has 1 aliphatic rings. The number of fused-ring (bicyclic) bond motifs is 1. The molecule has 2 aromatic carbocycles. The Kier molecular flexibility index (Phi) is 3.77. The van der Waals surface area contributed by atoms with Gasteiger partial charge in [0, 0.05) is 5.56 Å². The quantitative estimate of drug-likeness (QED) is 0.789. The number of aromatic nitrogens is 3. The summed E-state index contributed by atoms with van der Waals surface area (Å²) in [6.45, 7) is 0.572. The molecular formula is C17H13FN4O3. The summed E-state index contributed by atoms with van der Waals surface area (Å²) in [4.78, 5) is 16.3. The molecule has 0 unspecified atom stereocenters. The lowest BCUT2D eigenvalue weighted by molar-refractivity contribution is 0.102. The Labute approximate surface area is 142 Å². The lowest BCUT2D eigenvalue weighted by Crippen LogP contribution is -2.13. The minimum Gasteiger partial charge on any atom is -0.454 e. The van der Waals surface area contributed by atoms with E-state index < -0.39 is 0 Å². The summed E-state index contributed by atoms with van der Waals surface area (Å²) < 4.78 is 24.9. The number of nitrogens with zero attached hydrogens (tertiary/aromatic N) is 3. The lowest BCUT2D eigenvalue weighted by Gasteiger charge is -2.03. The number of rotatable bonds is 4. The number of anilines is 1. The van der Waals surface area contributed by atoms with Crippen LogP contribution in [0.25, 0.3) is 0 Å². The minimum atomic E-state index is -0.349. The maximum atomic E-state index is 12.9. The maximum absolute atomic E-state index is 12.9. The van der Waals surface area contributed by atoms with E-state index in [0.717, 1.165) is 5.56 Å². The lowest BCUT2D eigenvalue weighted by atomic mass is 10.2. The van der Waals surface area contributed by atoms with Crippen molar-refractivity contribution in [3.8, 4) is 11.5 Å². The van der Waals surface area contributed by atoms with E-state index in [-0.39, 0.29) is 24.5 Å². The van der Waals surface area contributed by atoms with E-state index in [1.54, 1.807) is 35.0 Å². The first kappa shape index (κ1) is 15.1. The molecule has 0 aliphatic carbocycles. The molecule has 3 aromatic rings. The Balaban J connectivity index is 1.43. The molecule has 8 heteroatoms. The van der Waals surface area contributed by atoms with Crippen LogP contribution in [-0.4, -0.2) is 27.5 Å². The Morgan fingerprint density at radius 1 is 1.16 bits per heavy atom. The number of halogens is 1. The molecule has 0 atom stereocenters. The summed E-state index contributed by atoms with van der Waals surface area (Å²) in [5, 5.41) is 6.82. The first-order valence-electron chi connectivity index (χ1n) is 7.52. The average Bonchev–Trinajstić information content (AvgIpc) is 3.25. The normalized spacial score (nSPS) is 12.2. The predicted molar refractivity (Wildman–Crippen MR) is 86.0 cm³/mol. The fraction of sp³-hybridized carbons (Fsp3) is 0.118. The van der Waals surface area contributed by atoms with Gasteiger partial charge in [0.2, 0.25) is 12.7 Å². The van der Waals surface area contributed by atoms with Crippen LogP contribution in [0.15, 0.2) is 48.8 Å². The van der Waals surface area contributed by atoms with Crippen molar-refractivity contribution in [3.63, 3.8) is 0 Å². The smallest absolute Gasteiger partial charge is 0.258 e. The van der Waals surface area contributed by atoms with Crippen molar-refractivity contribution < 1.29 is 18.7 Å². The van der Waals surface area contributed by atoms with Crippen LogP contribution in [0.5, 0.6) is 11.5 Å². The van der Waals surface area contributed by atoms with Crippen LogP contribution in [0.1, 0.15) is 15.9 Å². The molecule has 0 saturated heterocycles. The van der Waals surface area contributed by atoms with Gasteiger partial charge in [0.15, 0.2) is 11.5 Å². The SMILES string of the molecule is O=C(Nc1ncn(Cc2ccc(F)cc2)n1)c1ccc2c(c1)OCO2. The van der Waals surface area contributed by atoms with Crippen LogP contribution in [0.3, 0.4) is 0 Å². The zero-order chi connectivity index (χ0) is 17.2. The summed E-state index contributed by atoms with van der Waals surface area (Å²) in [5.41, 5.74) is 1.29. The standard InChI is InChI=1S/C17H13FN4O3/c18-13-4-1-11(2-5-13)8-22-9-19-17(21-22)20-16(23)12-3-6-14-15(7-12)25-10-24-14/h1-7,9H,8,10H2,(H,20,21,23). The molecule has 1 aromatic heterocycles. The third-order valence-corrected chi connectivity index (χ3v) is 3.65. The van der Waals surface area contributed by atoms with Crippen molar-refractivity contribution in [1.82, 2.24) is 14.8 Å². The number of carbonyl (C=O) groups excluding carboxylic acids is 1. The van der Waals surface area contributed by atoms with Gasteiger partial charge >= 0.3 is 0 Å². The van der Waals surface area contributed by atoms with Gasteiger partial charge in [-0.3, -0.25) is 10.1 Å². The molecule has 1 N–H and O–H groups in total. The van der Waals surface area contributed by atoms with Gasteiger partial charge in [-0.15, -0.1) is 5.10 Å². The van der Waals surface area contributed by atoms with E-state index in [1.807, 2.05) is 0 Å². The number of carbonyl (C=O) groups is 1. The predicted octanol–water partition coefficient (Wildman–Crippen LogP) is 2.45. The highest BCUT2D eigenvalue weighted by molar-refractivity contribution is 6.03. The summed E-state index contributed by atoms with van der Waals surface area (Å²) in [5.74, 6) is 0.683. The molecule has 126 valence electrons. The Morgan fingerprint density at radius 3 is 2.80 bits per heavy atom. The second-order valence-corrected chi connectivity index (χ2v) is 5.41. The Bertz CT molecular complexity index is 924. The van der Waals surface area contributed by atoms with E-state index >= 15 is 0 Å². The molecule has 0 fully saturated rings. The summed E-state index contributed by atoms with van der Waals surface area (Å²) >= 11 is 0. The van der Waals surface area contributed by atoms with Gasteiger partial charge < -0.3 is 9.47 Å². The molecule has 0 radical (unpaired) electrons. The van der Waals surface area contributed by atoms with Crippen molar-refractivity contribution in [2.45, 2.75) is 6.54 Å². The molecule has 1 amide bonds. The van der Waals surface area contributed by atoms with E-state index in [9.17, 15) is 9.18 Å². The summed E-state index contributed by atoms with van der Waals surface area (Å²) in [7, 11) is 0. The average molecular weight is 340 g/mol. The number of hydrogen-bond donors (Lipinski definition) is 1. The molecule has 4 rings (SSSR count). The molecule has 0 spiro atoms. The molecule has 0 bridgehead atoms. The summed E-state index contributed by atoms with van der Waals surface area (Å²) in [6, 6.07) is 11.0. The Morgan fingerprint density at radius 2 is 1.96 bits per heavy atom. The maximum Gasteiger partial charge on any atom is 0.258 e. The van der Waals surface area contributed by atoms with Crippen LogP contribution in [0.2, 0.25) is 0 Å². The van der Waals surface area contributed by atoms with Gasteiger partial charge in [-0.25, -0.2) is 14.1 Å². The van der Waals surface area contributed by atoms with Gasteiger partial charge in [0.05, 0.1) is 6.54 Å². The minimum absolute atomic E-state index is 0.149. The zero-order valence-corrected chi connectivity index (χ0v) is 13.0. The fourth-order valence-electron chi connectivity index (χ4n) is 2.42. The van der Waals surface area contributed by atoms with Crippen molar-refractivity contribution in [3.05, 3.63) is 65.7 Å². The van der Waals surface area contributed by atoms with Crippen molar-refractivity contribution in [2.24, 2.45) is 0 Å². The second kappa shape index (κ2) is 6.23. The van der Waals surface area contributed by atoms with Crippen LogP contribution in [0.4, 0.5) is 10.3 Å². The highest BCUT2D eigenvalue weighted by Gasteiger charge is 2.17. The molecular weight excluding hydrogens is 327 g/mol. The summed E-state index contributed by atoms with van der Waals surface area (Å²) in [6.07, 6.45) is 1.50. The first-order valence-corrected chi connectivity index (χ1v) is 7.52. The van der Waals surface area contributed by atoms with Gasteiger partial charge in [0.25, 0.3) is 5.91 Å². The van der Waals surface area contributed by atoms with E-state index in [4.69, 9.17) is 9.47 Å². The third-order valence-electron chi connectivity index (χ3n) is 3.65. The number of amides is 1. The van der Waals surface area contributed by atoms with Crippen LogP contribution in [-0.2, 0) is 6.54 Å². The topological polar surface area (TPSA) is 78.3 Å². The zero-order valence-electron chi connectivity index (χ0n) is 13.0. The molecule has 25 heavy (non-hydrogen) atoms. The van der Waals surface area contributed by atoms with Crippen LogP contribution in [0, 0.1) is 5.82 Å². The molecule has 0 saturated carbocycles. The van der Waals surface area contributed by atoms with Crippen molar-refractivity contribution in [1.29, 1.82) is 0 Å². The highest BCUT2D eigenvalue weighted by atomic mass is 19.1. The van der Waals surface area contributed by atoms with Crippen LogP contribution < -0.4 is 14.8 Å². The van der Waals surface area contributed by atoms with Gasteiger partial charge in [-0.05, 0) is 35.9 Å². The molecule has 2 heterocycles. The monoisotopic (exact) mass is 340 g/mol. The van der Waals surface area contributed by atoms with E-state index in [0.29, 0.717) is 23.6 Å². The van der Waals surface area contributed by atoms with Crippen LogP contribution >= 0.6 is 0 Å². The van der Waals surface area contributed by atoms with Gasteiger partial charge in [0.1, 0.15) is 12.1 Å². The Hall–Kier alpha value is -3.42. The van der Waals surface area contributed by atoms with Crippen molar-refractivity contribution in [2.75, 3.05) is 12.1 Å². The molecule has 7 nitrogen and oxygen atoms in total. The number of ether oxygens (including phenoxy) is 2.